The number of anilines is 1. The summed E-state index contributed by atoms with van der Waals surface area (Å²) in [6.07, 6.45) is 1.80. The van der Waals surface area contributed by atoms with Gasteiger partial charge in [-0.15, -0.1) is 11.3 Å². The summed E-state index contributed by atoms with van der Waals surface area (Å²) in [6.45, 7) is 0.937. The van der Waals surface area contributed by atoms with Crippen LogP contribution >= 0.6 is 51.1 Å². The molecule has 2 unspecified atom stereocenters. The van der Waals surface area contributed by atoms with Gasteiger partial charge >= 0.3 is 0 Å². The van der Waals surface area contributed by atoms with E-state index in [4.69, 9.17) is 33.3 Å². The molecule has 1 aromatic carbocycles. The Morgan fingerprint density at radius 2 is 2.10 bits per heavy atom. The standard InChI is InChI=1S/C21H19BrClN3O2S2/c1-27-10-11-28-16-6-5-13(12-14(16)23)26-20(17-7-8-18(22)30-17)19(25-21(26)29)15-4-2-3-9-24-15/h2-9,12,19-20H,10-11H2,1H3,(H,25,29). The van der Waals surface area contributed by atoms with Gasteiger partial charge in [0.15, 0.2) is 5.11 Å². The molecule has 2 atom stereocenters. The fourth-order valence-corrected chi connectivity index (χ4v) is 5.53. The Morgan fingerprint density at radius 1 is 1.23 bits per heavy atom. The van der Waals surface area contributed by atoms with Gasteiger partial charge in [-0.25, -0.2) is 0 Å². The number of ether oxygens (including phenoxy) is 2. The van der Waals surface area contributed by atoms with Gasteiger partial charge in [0.25, 0.3) is 0 Å². The van der Waals surface area contributed by atoms with E-state index in [0.29, 0.717) is 29.1 Å². The quantitative estimate of drug-likeness (QED) is 0.313. The zero-order valence-corrected chi connectivity index (χ0v) is 20.0. The summed E-state index contributed by atoms with van der Waals surface area (Å²) in [4.78, 5) is 7.83. The molecule has 30 heavy (non-hydrogen) atoms. The monoisotopic (exact) mass is 523 g/mol. The van der Waals surface area contributed by atoms with Gasteiger partial charge < -0.3 is 19.7 Å². The van der Waals surface area contributed by atoms with E-state index in [1.807, 2.05) is 36.4 Å². The molecule has 1 aliphatic rings. The third-order valence-corrected chi connectivity index (χ3v) is 7.03. The summed E-state index contributed by atoms with van der Waals surface area (Å²) >= 11 is 17.5. The predicted molar refractivity (Wildman–Crippen MR) is 129 cm³/mol. The van der Waals surface area contributed by atoms with Gasteiger partial charge in [0, 0.05) is 23.9 Å². The first-order chi connectivity index (χ1) is 14.6. The third-order valence-electron chi connectivity index (χ3n) is 4.72. The Balaban J connectivity index is 1.70. The highest BCUT2D eigenvalue weighted by atomic mass is 79.9. The smallest absolute Gasteiger partial charge is 0.174 e. The average molecular weight is 525 g/mol. The predicted octanol–water partition coefficient (Wildman–Crippen LogP) is 5.76. The number of rotatable bonds is 7. The zero-order valence-electron chi connectivity index (χ0n) is 16.0. The number of nitrogens with zero attached hydrogens (tertiary/aromatic N) is 2. The van der Waals surface area contributed by atoms with Crippen molar-refractivity contribution in [3.8, 4) is 5.75 Å². The molecule has 0 bridgehead atoms. The molecule has 1 aliphatic heterocycles. The van der Waals surface area contributed by atoms with Crippen LogP contribution in [0, 0.1) is 0 Å². The first kappa shape index (κ1) is 21.5. The fraction of sp³-hybridized carbons (Fsp3) is 0.238. The number of hydrogen-bond acceptors (Lipinski definition) is 5. The lowest BCUT2D eigenvalue weighted by molar-refractivity contribution is 0.146. The number of pyridine rings is 1. The van der Waals surface area contributed by atoms with E-state index in [1.165, 1.54) is 4.88 Å². The lowest BCUT2D eigenvalue weighted by Crippen LogP contribution is -2.29. The van der Waals surface area contributed by atoms with E-state index in [1.54, 1.807) is 24.6 Å². The summed E-state index contributed by atoms with van der Waals surface area (Å²) in [5.74, 6) is 0.618. The van der Waals surface area contributed by atoms with Crippen LogP contribution in [-0.4, -0.2) is 30.4 Å². The van der Waals surface area contributed by atoms with Gasteiger partial charge in [-0.1, -0.05) is 17.7 Å². The molecule has 1 fully saturated rings. The molecule has 0 radical (unpaired) electrons. The molecule has 0 spiro atoms. The Morgan fingerprint density at radius 3 is 2.77 bits per heavy atom. The molecule has 9 heteroatoms. The molecule has 2 aromatic heterocycles. The Kier molecular flexibility index (Phi) is 6.90. The van der Waals surface area contributed by atoms with E-state index in [-0.39, 0.29) is 12.1 Å². The van der Waals surface area contributed by atoms with Crippen molar-refractivity contribution in [3.63, 3.8) is 0 Å². The van der Waals surface area contributed by atoms with Crippen LogP contribution in [0.3, 0.4) is 0 Å². The number of hydrogen-bond donors (Lipinski definition) is 1. The molecule has 3 heterocycles. The second-order valence-electron chi connectivity index (χ2n) is 6.59. The van der Waals surface area contributed by atoms with Gasteiger partial charge in [0.1, 0.15) is 12.4 Å². The molecule has 1 saturated heterocycles. The molecule has 1 N–H and O–H groups in total. The number of nitrogens with one attached hydrogen (secondary N) is 1. The second-order valence-corrected chi connectivity index (χ2v) is 9.88. The lowest BCUT2D eigenvalue weighted by atomic mass is 10.0. The van der Waals surface area contributed by atoms with Crippen molar-refractivity contribution in [2.75, 3.05) is 25.2 Å². The normalized spacial score (nSPS) is 18.5. The summed E-state index contributed by atoms with van der Waals surface area (Å²) in [7, 11) is 1.64. The van der Waals surface area contributed by atoms with Gasteiger partial charge in [-0.3, -0.25) is 4.98 Å². The molecule has 3 aromatic rings. The van der Waals surface area contributed by atoms with Crippen molar-refractivity contribution in [1.29, 1.82) is 0 Å². The highest BCUT2D eigenvalue weighted by Crippen LogP contribution is 2.45. The van der Waals surface area contributed by atoms with Crippen LogP contribution in [0.1, 0.15) is 22.7 Å². The first-order valence-corrected chi connectivity index (χ1v) is 11.6. The number of halogens is 2. The van der Waals surface area contributed by atoms with E-state index in [0.717, 1.165) is 15.2 Å². The van der Waals surface area contributed by atoms with Crippen molar-refractivity contribution in [2.24, 2.45) is 0 Å². The minimum absolute atomic E-state index is 0.0555. The van der Waals surface area contributed by atoms with Gasteiger partial charge in [0.05, 0.1) is 33.2 Å². The Labute approximate surface area is 198 Å². The maximum atomic E-state index is 6.51. The van der Waals surface area contributed by atoms with Crippen LogP contribution in [0.15, 0.2) is 58.5 Å². The summed E-state index contributed by atoms with van der Waals surface area (Å²) in [5.41, 5.74) is 1.83. The minimum Gasteiger partial charge on any atom is -0.490 e. The SMILES string of the molecule is COCCOc1ccc(N2C(=S)NC(c3ccccn3)C2c2ccc(Br)s2)cc1Cl. The van der Waals surface area contributed by atoms with Crippen molar-refractivity contribution in [3.05, 3.63) is 74.1 Å². The van der Waals surface area contributed by atoms with Gasteiger partial charge in [0.2, 0.25) is 0 Å². The molecule has 0 amide bonds. The fourth-order valence-electron chi connectivity index (χ4n) is 3.40. The number of thiocarbonyl (C=S) groups is 1. The van der Waals surface area contributed by atoms with Crippen molar-refractivity contribution >= 4 is 61.9 Å². The largest absolute Gasteiger partial charge is 0.490 e. The van der Waals surface area contributed by atoms with Crippen LogP contribution in [0.4, 0.5) is 5.69 Å². The average Bonchev–Trinajstić information content (AvgIpc) is 3.33. The van der Waals surface area contributed by atoms with Gasteiger partial charge in [-0.2, -0.15) is 0 Å². The third kappa shape index (κ3) is 4.48. The van der Waals surface area contributed by atoms with E-state index in [9.17, 15) is 0 Å². The van der Waals surface area contributed by atoms with Crippen LogP contribution in [0.2, 0.25) is 5.02 Å². The van der Waals surface area contributed by atoms with E-state index in [2.05, 4.69) is 43.3 Å². The topological polar surface area (TPSA) is 46.6 Å². The lowest BCUT2D eigenvalue weighted by Gasteiger charge is -2.27. The maximum Gasteiger partial charge on any atom is 0.174 e. The van der Waals surface area contributed by atoms with E-state index >= 15 is 0 Å². The number of aromatic nitrogens is 1. The zero-order chi connectivity index (χ0) is 21.1. The molecule has 5 nitrogen and oxygen atoms in total. The summed E-state index contributed by atoms with van der Waals surface area (Å²) in [6, 6.07) is 15.7. The van der Waals surface area contributed by atoms with Crippen LogP contribution in [0.5, 0.6) is 5.75 Å². The van der Waals surface area contributed by atoms with Crippen LogP contribution in [0.25, 0.3) is 0 Å². The van der Waals surface area contributed by atoms with E-state index < -0.39 is 0 Å². The summed E-state index contributed by atoms with van der Waals surface area (Å²) < 4.78 is 11.8. The highest BCUT2D eigenvalue weighted by molar-refractivity contribution is 9.11. The first-order valence-electron chi connectivity index (χ1n) is 9.25. The molecule has 156 valence electrons. The Bertz CT molecular complexity index is 1030. The number of methoxy groups -OCH3 is 1. The van der Waals surface area contributed by atoms with Crippen LogP contribution < -0.4 is 15.0 Å². The van der Waals surface area contributed by atoms with Crippen molar-refractivity contribution in [2.45, 2.75) is 12.1 Å². The molecule has 0 saturated carbocycles. The van der Waals surface area contributed by atoms with Crippen molar-refractivity contribution < 1.29 is 9.47 Å². The summed E-state index contributed by atoms with van der Waals surface area (Å²) in [5, 5.41) is 4.60. The minimum atomic E-state index is -0.0827. The molecular formula is C21H19BrClN3O2S2. The van der Waals surface area contributed by atoms with Crippen LogP contribution in [-0.2, 0) is 4.74 Å². The van der Waals surface area contributed by atoms with Gasteiger partial charge in [-0.05, 0) is 70.6 Å². The number of benzene rings is 1. The molecular weight excluding hydrogens is 506 g/mol. The van der Waals surface area contributed by atoms with Crippen molar-refractivity contribution in [1.82, 2.24) is 10.3 Å². The molecule has 0 aliphatic carbocycles. The maximum absolute atomic E-state index is 6.51. The molecule has 4 rings (SSSR count). The second kappa shape index (κ2) is 9.62. The highest BCUT2D eigenvalue weighted by Gasteiger charge is 2.41. The Hall–Kier alpha value is -1.71. The number of thiophene rings is 1.